The molecule has 6 nitrogen and oxygen atoms in total. The molecule has 2 aromatic rings. The fourth-order valence-electron chi connectivity index (χ4n) is 2.24. The first kappa shape index (κ1) is 17.3. The zero-order valence-corrected chi connectivity index (χ0v) is 14.4. The van der Waals surface area contributed by atoms with Crippen LogP contribution < -0.4 is 10.6 Å². The highest BCUT2D eigenvalue weighted by Gasteiger charge is 2.09. The van der Waals surface area contributed by atoms with E-state index in [1.807, 2.05) is 30.7 Å². The van der Waals surface area contributed by atoms with Crippen LogP contribution in [0.2, 0.25) is 5.15 Å². The van der Waals surface area contributed by atoms with E-state index in [1.165, 1.54) is 0 Å². The van der Waals surface area contributed by atoms with E-state index >= 15 is 0 Å². The van der Waals surface area contributed by atoms with Crippen molar-refractivity contribution < 1.29 is 4.79 Å². The monoisotopic (exact) mass is 335 g/mol. The molecule has 1 unspecified atom stereocenters. The molecule has 2 rings (SSSR count). The van der Waals surface area contributed by atoms with Gasteiger partial charge < -0.3 is 10.6 Å². The van der Waals surface area contributed by atoms with Gasteiger partial charge in [0.05, 0.1) is 5.69 Å². The summed E-state index contributed by atoms with van der Waals surface area (Å²) in [6, 6.07) is 5.39. The Hall–Kier alpha value is -2.08. The molecule has 2 amide bonds. The summed E-state index contributed by atoms with van der Waals surface area (Å²) in [5, 5.41) is 10.5. The Morgan fingerprint density at radius 2 is 2.13 bits per heavy atom. The van der Waals surface area contributed by atoms with E-state index in [0.29, 0.717) is 18.2 Å². The van der Waals surface area contributed by atoms with Crippen LogP contribution in [0, 0.1) is 19.8 Å². The van der Waals surface area contributed by atoms with Gasteiger partial charge in [-0.05, 0) is 37.5 Å². The quantitative estimate of drug-likeness (QED) is 0.797. The molecule has 0 aromatic carbocycles. The topological polar surface area (TPSA) is 71.8 Å². The second-order valence-electron chi connectivity index (χ2n) is 5.77. The van der Waals surface area contributed by atoms with E-state index in [9.17, 15) is 4.79 Å². The molecule has 0 aliphatic heterocycles. The number of hydrogen-bond donors (Lipinski definition) is 2. The van der Waals surface area contributed by atoms with E-state index in [2.05, 4.69) is 27.6 Å². The summed E-state index contributed by atoms with van der Waals surface area (Å²) < 4.78 is 1.97. The number of aryl methyl sites for hydroxylation is 2. The molecule has 0 spiro atoms. The number of aromatic nitrogens is 3. The molecule has 124 valence electrons. The minimum absolute atomic E-state index is 0.194. The van der Waals surface area contributed by atoms with Crippen molar-refractivity contribution in [2.24, 2.45) is 5.92 Å². The highest BCUT2D eigenvalue weighted by Crippen LogP contribution is 2.06. The zero-order chi connectivity index (χ0) is 16.8. The largest absolute Gasteiger partial charge is 0.338 e. The van der Waals surface area contributed by atoms with Gasteiger partial charge in [-0.25, -0.2) is 9.78 Å². The zero-order valence-electron chi connectivity index (χ0n) is 13.6. The molecule has 0 aliphatic carbocycles. The average molecular weight is 336 g/mol. The number of hydrogen-bond acceptors (Lipinski definition) is 3. The van der Waals surface area contributed by atoms with Gasteiger partial charge in [-0.1, -0.05) is 24.6 Å². The molecule has 0 fully saturated rings. The molecule has 0 radical (unpaired) electrons. The van der Waals surface area contributed by atoms with Gasteiger partial charge in [0.1, 0.15) is 5.15 Å². The van der Waals surface area contributed by atoms with Gasteiger partial charge in [0.15, 0.2) is 0 Å². The first-order valence-electron chi connectivity index (χ1n) is 7.57. The van der Waals surface area contributed by atoms with E-state index in [1.54, 1.807) is 12.3 Å². The second kappa shape index (κ2) is 7.97. The van der Waals surface area contributed by atoms with Crippen molar-refractivity contribution in [2.75, 3.05) is 6.54 Å². The predicted molar refractivity (Wildman–Crippen MR) is 90.4 cm³/mol. The number of nitrogens with one attached hydrogen (secondary N) is 2. The Morgan fingerprint density at radius 1 is 1.35 bits per heavy atom. The first-order valence-corrected chi connectivity index (χ1v) is 7.95. The molecule has 0 aliphatic rings. The number of halogens is 1. The van der Waals surface area contributed by atoms with Gasteiger partial charge >= 0.3 is 6.03 Å². The van der Waals surface area contributed by atoms with Crippen molar-refractivity contribution in [1.29, 1.82) is 0 Å². The minimum atomic E-state index is -0.194. The summed E-state index contributed by atoms with van der Waals surface area (Å²) in [5.74, 6) is 0.288. The third kappa shape index (κ3) is 5.56. The van der Waals surface area contributed by atoms with E-state index in [4.69, 9.17) is 11.6 Å². The molecule has 7 heteroatoms. The van der Waals surface area contributed by atoms with Crippen molar-refractivity contribution >= 4 is 17.6 Å². The van der Waals surface area contributed by atoms with Crippen LogP contribution in [0.3, 0.4) is 0 Å². The van der Waals surface area contributed by atoms with Gasteiger partial charge in [0, 0.05) is 31.5 Å². The molecular formula is C16H22ClN5O. The number of nitrogens with zero attached hydrogens (tertiary/aromatic N) is 3. The number of urea groups is 1. The number of rotatable bonds is 6. The first-order chi connectivity index (χ1) is 10.9. The highest BCUT2D eigenvalue weighted by molar-refractivity contribution is 6.29. The summed E-state index contributed by atoms with van der Waals surface area (Å²) in [6.45, 7) is 7.88. The summed E-state index contributed by atoms with van der Waals surface area (Å²) in [5.41, 5.74) is 3.05. The highest BCUT2D eigenvalue weighted by atomic mass is 35.5. The summed E-state index contributed by atoms with van der Waals surface area (Å²) >= 11 is 5.72. The molecule has 0 saturated carbocycles. The van der Waals surface area contributed by atoms with Crippen LogP contribution in [0.15, 0.2) is 24.4 Å². The van der Waals surface area contributed by atoms with Crippen LogP contribution in [-0.4, -0.2) is 27.3 Å². The summed E-state index contributed by atoms with van der Waals surface area (Å²) in [4.78, 5) is 15.8. The molecule has 0 saturated heterocycles. The normalized spacial score (nSPS) is 12.0. The average Bonchev–Trinajstić information content (AvgIpc) is 2.82. The van der Waals surface area contributed by atoms with Gasteiger partial charge in [0.2, 0.25) is 0 Å². The Kier molecular flexibility index (Phi) is 5.98. The SMILES string of the molecule is Cc1cc(C)n(CC(C)CNC(=O)NCc2ccc(Cl)nc2)n1. The van der Waals surface area contributed by atoms with Crippen LogP contribution in [0.4, 0.5) is 4.79 Å². The fraction of sp³-hybridized carbons (Fsp3) is 0.438. The molecule has 1 atom stereocenters. The van der Waals surface area contributed by atoms with Crippen LogP contribution in [0.5, 0.6) is 0 Å². The van der Waals surface area contributed by atoms with Gasteiger partial charge in [-0.2, -0.15) is 5.10 Å². The number of amides is 2. The predicted octanol–water partition coefficient (Wildman–Crippen LogP) is 2.68. The lowest BCUT2D eigenvalue weighted by molar-refractivity contribution is 0.238. The Balaban J connectivity index is 1.71. The van der Waals surface area contributed by atoms with Crippen molar-refractivity contribution in [1.82, 2.24) is 25.4 Å². The van der Waals surface area contributed by atoms with Crippen LogP contribution >= 0.6 is 11.6 Å². The van der Waals surface area contributed by atoms with Crippen LogP contribution in [0.1, 0.15) is 23.9 Å². The Labute approximate surface area is 141 Å². The second-order valence-corrected chi connectivity index (χ2v) is 6.15. The number of pyridine rings is 1. The fourth-order valence-corrected chi connectivity index (χ4v) is 2.35. The van der Waals surface area contributed by atoms with Crippen molar-refractivity contribution in [3.8, 4) is 0 Å². The van der Waals surface area contributed by atoms with Gasteiger partial charge in [-0.15, -0.1) is 0 Å². The van der Waals surface area contributed by atoms with Crippen LogP contribution in [-0.2, 0) is 13.1 Å². The molecule has 23 heavy (non-hydrogen) atoms. The smallest absolute Gasteiger partial charge is 0.315 e. The minimum Gasteiger partial charge on any atom is -0.338 e. The summed E-state index contributed by atoms with van der Waals surface area (Å²) in [6.07, 6.45) is 1.65. The van der Waals surface area contributed by atoms with Crippen LogP contribution in [0.25, 0.3) is 0 Å². The molecule has 2 heterocycles. The Bertz CT molecular complexity index is 653. The van der Waals surface area contributed by atoms with Crippen molar-refractivity contribution in [3.05, 3.63) is 46.5 Å². The Morgan fingerprint density at radius 3 is 2.74 bits per heavy atom. The van der Waals surface area contributed by atoms with E-state index < -0.39 is 0 Å². The molecule has 2 N–H and O–H groups in total. The molecular weight excluding hydrogens is 314 g/mol. The van der Waals surface area contributed by atoms with Crippen molar-refractivity contribution in [2.45, 2.75) is 33.9 Å². The lowest BCUT2D eigenvalue weighted by atomic mass is 10.2. The van der Waals surface area contributed by atoms with Gasteiger partial charge in [0.25, 0.3) is 0 Å². The third-order valence-corrected chi connectivity index (χ3v) is 3.66. The lowest BCUT2D eigenvalue weighted by Gasteiger charge is -2.14. The number of carbonyl (C=O) groups is 1. The number of carbonyl (C=O) groups excluding carboxylic acids is 1. The molecule has 0 bridgehead atoms. The maximum absolute atomic E-state index is 11.8. The third-order valence-electron chi connectivity index (χ3n) is 3.44. The standard InChI is InChI=1S/C16H22ClN5O/c1-11(10-22-13(3)6-12(2)21-22)7-19-16(23)20-9-14-4-5-15(17)18-8-14/h4-6,8,11H,7,9-10H2,1-3H3,(H2,19,20,23). The lowest BCUT2D eigenvalue weighted by Crippen LogP contribution is -2.38. The van der Waals surface area contributed by atoms with E-state index in [0.717, 1.165) is 23.5 Å². The van der Waals surface area contributed by atoms with Crippen molar-refractivity contribution in [3.63, 3.8) is 0 Å². The van der Waals surface area contributed by atoms with E-state index in [-0.39, 0.29) is 11.9 Å². The summed E-state index contributed by atoms with van der Waals surface area (Å²) in [7, 11) is 0. The molecule has 2 aromatic heterocycles. The van der Waals surface area contributed by atoms with Gasteiger partial charge in [-0.3, -0.25) is 4.68 Å². The maximum Gasteiger partial charge on any atom is 0.315 e. The maximum atomic E-state index is 11.8.